The lowest BCUT2D eigenvalue weighted by atomic mass is 9.98. The lowest BCUT2D eigenvalue weighted by Crippen LogP contribution is -2.40. The molecule has 2 saturated heterocycles. The first-order chi connectivity index (χ1) is 16.3. The summed E-state index contributed by atoms with van der Waals surface area (Å²) in [5.41, 5.74) is 1.79. The number of amides is 1. The Labute approximate surface area is 212 Å². The Morgan fingerprint density at radius 1 is 1.03 bits per heavy atom. The molecule has 2 aliphatic rings. The highest BCUT2D eigenvalue weighted by atomic mass is 35.5. The van der Waals surface area contributed by atoms with Crippen LogP contribution in [0, 0.1) is 0 Å². The van der Waals surface area contributed by atoms with Crippen LogP contribution in [0.1, 0.15) is 24.3 Å². The van der Waals surface area contributed by atoms with Gasteiger partial charge in [0.2, 0.25) is 5.91 Å². The van der Waals surface area contributed by atoms with Crippen LogP contribution in [0.25, 0.3) is 0 Å². The molecule has 3 aromatic rings. The van der Waals surface area contributed by atoms with Crippen molar-refractivity contribution in [3.63, 3.8) is 0 Å². The second-order valence-electron chi connectivity index (χ2n) is 8.41. The molecule has 11 heteroatoms. The minimum Gasteiger partial charge on any atom is -0.311 e. The first kappa shape index (κ1) is 23.6. The summed E-state index contributed by atoms with van der Waals surface area (Å²) in [7, 11) is -3.73. The topological polar surface area (TPSA) is 82.6 Å². The monoisotopic (exact) mass is 536 g/mol. The van der Waals surface area contributed by atoms with Crippen LogP contribution in [-0.2, 0) is 14.8 Å². The van der Waals surface area contributed by atoms with E-state index >= 15 is 0 Å². The number of nitrogens with one attached hydrogen (secondary N) is 1. The number of nitrogens with zero attached hydrogens (tertiary/aromatic N) is 3. The molecule has 1 N–H and O–H groups in total. The van der Waals surface area contributed by atoms with Gasteiger partial charge in [0.05, 0.1) is 10.9 Å². The van der Waals surface area contributed by atoms with E-state index < -0.39 is 10.0 Å². The van der Waals surface area contributed by atoms with Crippen LogP contribution in [0.3, 0.4) is 0 Å². The zero-order valence-electron chi connectivity index (χ0n) is 18.0. The van der Waals surface area contributed by atoms with Crippen LogP contribution in [0.5, 0.6) is 0 Å². The molecule has 1 unspecified atom stereocenters. The zero-order chi connectivity index (χ0) is 23.9. The van der Waals surface area contributed by atoms with Gasteiger partial charge in [-0.2, -0.15) is 0 Å². The van der Waals surface area contributed by atoms with Crippen molar-refractivity contribution in [3.05, 3.63) is 69.7 Å². The number of sulfonamides is 1. The predicted molar refractivity (Wildman–Crippen MR) is 136 cm³/mol. The van der Waals surface area contributed by atoms with Crippen molar-refractivity contribution in [2.75, 3.05) is 29.3 Å². The molecular weight excluding hydrogens is 515 g/mol. The van der Waals surface area contributed by atoms with Crippen molar-refractivity contribution in [1.29, 1.82) is 0 Å². The van der Waals surface area contributed by atoms with E-state index in [-0.39, 0.29) is 22.8 Å². The maximum absolute atomic E-state index is 13.2. The third-order valence-electron chi connectivity index (χ3n) is 6.31. The van der Waals surface area contributed by atoms with Gasteiger partial charge >= 0.3 is 0 Å². The van der Waals surface area contributed by atoms with Gasteiger partial charge in [-0.05, 0) is 73.3 Å². The molecule has 1 aromatic heterocycles. The molecule has 2 atom stereocenters. The number of benzene rings is 2. The summed E-state index contributed by atoms with van der Waals surface area (Å²) < 4.78 is 27.6. The molecule has 2 aliphatic heterocycles. The van der Waals surface area contributed by atoms with Crippen LogP contribution in [0.2, 0.25) is 10.0 Å². The van der Waals surface area contributed by atoms with E-state index in [4.69, 9.17) is 23.2 Å². The summed E-state index contributed by atoms with van der Waals surface area (Å²) in [6.07, 6.45) is 3.21. The number of carbonyl (C=O) groups is 1. The van der Waals surface area contributed by atoms with Gasteiger partial charge in [-0.25, -0.2) is 13.4 Å². The zero-order valence-corrected chi connectivity index (χ0v) is 21.2. The molecular formula is C23H22Cl2N4O3S2. The average Bonchev–Trinajstić information content (AvgIpc) is 3.54. The number of halogens is 2. The Kier molecular flexibility index (Phi) is 6.56. The lowest BCUT2D eigenvalue weighted by Gasteiger charge is -2.23. The van der Waals surface area contributed by atoms with Crippen molar-refractivity contribution in [1.82, 2.24) is 9.88 Å². The van der Waals surface area contributed by atoms with Crippen LogP contribution >= 0.6 is 34.5 Å². The summed E-state index contributed by atoms with van der Waals surface area (Å²) in [5.74, 6) is 0.328. The molecule has 2 aromatic carbocycles. The highest BCUT2D eigenvalue weighted by Crippen LogP contribution is 2.35. The number of aromatic nitrogens is 1. The summed E-state index contributed by atoms with van der Waals surface area (Å²) in [4.78, 5) is 21.3. The standard InChI is InChI=1S/C23H22Cl2N4O3S2/c24-17-11-16(12-18(25)13-17)15-5-8-28(14-15)21-6-9-29(22(21)30)19-1-3-20(4-2-19)34(31,32)27-23-26-7-10-33-23/h1-4,7,10-13,15,21H,5-6,8-9,14H2,(H,26,27)/t15?,21-/m1/s1. The van der Waals surface area contributed by atoms with Gasteiger partial charge in [-0.1, -0.05) is 23.2 Å². The van der Waals surface area contributed by atoms with Gasteiger partial charge < -0.3 is 4.90 Å². The van der Waals surface area contributed by atoms with Crippen molar-refractivity contribution in [3.8, 4) is 0 Å². The van der Waals surface area contributed by atoms with E-state index in [1.807, 2.05) is 12.1 Å². The number of carbonyl (C=O) groups excluding carboxylic acids is 1. The highest BCUT2D eigenvalue weighted by Gasteiger charge is 2.40. The van der Waals surface area contributed by atoms with Crippen LogP contribution in [0.4, 0.5) is 10.8 Å². The third-order valence-corrected chi connectivity index (χ3v) is 8.92. The van der Waals surface area contributed by atoms with Crippen molar-refractivity contribution >= 4 is 61.3 Å². The van der Waals surface area contributed by atoms with Gasteiger partial charge in [0, 0.05) is 40.4 Å². The van der Waals surface area contributed by atoms with Crippen molar-refractivity contribution in [2.45, 2.75) is 29.7 Å². The maximum Gasteiger partial charge on any atom is 0.263 e. The van der Waals surface area contributed by atoms with E-state index in [0.29, 0.717) is 27.4 Å². The molecule has 0 bridgehead atoms. The second-order valence-corrected chi connectivity index (χ2v) is 11.9. The fraction of sp³-hybridized carbons (Fsp3) is 0.304. The smallest absolute Gasteiger partial charge is 0.263 e. The largest absolute Gasteiger partial charge is 0.311 e. The van der Waals surface area contributed by atoms with E-state index in [2.05, 4.69) is 14.6 Å². The molecule has 3 heterocycles. The Balaban J connectivity index is 1.25. The molecule has 178 valence electrons. The Hall–Kier alpha value is -2.17. The number of rotatable bonds is 6. The molecule has 0 spiro atoms. The van der Waals surface area contributed by atoms with Crippen molar-refractivity contribution in [2.24, 2.45) is 0 Å². The van der Waals surface area contributed by atoms with Gasteiger partial charge in [0.1, 0.15) is 0 Å². The van der Waals surface area contributed by atoms with E-state index in [0.717, 1.165) is 31.5 Å². The quantitative estimate of drug-likeness (QED) is 0.487. The third kappa shape index (κ3) is 4.81. The minimum absolute atomic E-state index is 0.0429. The van der Waals surface area contributed by atoms with E-state index in [9.17, 15) is 13.2 Å². The van der Waals surface area contributed by atoms with E-state index in [1.54, 1.807) is 28.5 Å². The molecule has 1 amide bonds. The van der Waals surface area contributed by atoms with Crippen LogP contribution in [-0.4, -0.2) is 49.9 Å². The normalized spacial score (nSPS) is 21.4. The maximum atomic E-state index is 13.2. The first-order valence-corrected chi connectivity index (χ1v) is 14.0. The van der Waals surface area contributed by atoms with Crippen LogP contribution < -0.4 is 9.62 Å². The fourth-order valence-electron chi connectivity index (χ4n) is 4.67. The Bertz CT molecular complexity index is 1280. The number of thiazole rings is 1. The average molecular weight is 537 g/mol. The summed E-state index contributed by atoms with van der Waals surface area (Å²) in [6, 6.07) is 11.8. The summed E-state index contributed by atoms with van der Waals surface area (Å²) in [6.45, 7) is 2.20. The summed E-state index contributed by atoms with van der Waals surface area (Å²) >= 11 is 13.6. The molecule has 5 rings (SSSR count). The van der Waals surface area contributed by atoms with Gasteiger partial charge in [0.25, 0.3) is 10.0 Å². The van der Waals surface area contributed by atoms with Gasteiger partial charge in [-0.15, -0.1) is 11.3 Å². The molecule has 0 saturated carbocycles. The minimum atomic E-state index is -3.73. The van der Waals surface area contributed by atoms with E-state index in [1.165, 1.54) is 29.7 Å². The van der Waals surface area contributed by atoms with Gasteiger partial charge in [0.15, 0.2) is 5.13 Å². The number of hydrogen-bond donors (Lipinski definition) is 1. The number of likely N-dealkylation sites (tertiary alicyclic amines) is 1. The Morgan fingerprint density at radius 3 is 2.44 bits per heavy atom. The fourth-order valence-corrected chi connectivity index (χ4v) is 7.00. The SMILES string of the molecule is O=C1[C@H](N2CCC(c3cc(Cl)cc(Cl)c3)C2)CCN1c1ccc(S(=O)(=O)Nc2nccs2)cc1. The first-order valence-electron chi connectivity index (χ1n) is 10.8. The molecule has 2 fully saturated rings. The highest BCUT2D eigenvalue weighted by molar-refractivity contribution is 7.93. The van der Waals surface area contributed by atoms with Crippen LogP contribution in [0.15, 0.2) is 58.9 Å². The molecule has 0 aliphatic carbocycles. The molecule has 34 heavy (non-hydrogen) atoms. The Morgan fingerprint density at radius 2 is 1.76 bits per heavy atom. The molecule has 0 radical (unpaired) electrons. The second kappa shape index (κ2) is 9.47. The predicted octanol–water partition coefficient (Wildman–Crippen LogP) is 4.85. The molecule has 7 nitrogen and oxygen atoms in total. The van der Waals surface area contributed by atoms with Crippen molar-refractivity contribution < 1.29 is 13.2 Å². The number of hydrogen-bond acceptors (Lipinski definition) is 6. The lowest BCUT2D eigenvalue weighted by molar-refractivity contribution is -0.121. The van der Waals surface area contributed by atoms with Gasteiger partial charge in [-0.3, -0.25) is 14.4 Å². The summed E-state index contributed by atoms with van der Waals surface area (Å²) in [5, 5.41) is 3.25. The number of anilines is 2.